The molecule has 0 spiro atoms. The maximum Gasteiger partial charge on any atom is 0.346 e. The summed E-state index contributed by atoms with van der Waals surface area (Å²) in [5, 5.41) is 0.531. The molecule has 0 bridgehead atoms. The van der Waals surface area contributed by atoms with E-state index in [-0.39, 0.29) is 5.63 Å². The summed E-state index contributed by atoms with van der Waals surface area (Å²) in [5.74, 6) is 0.402. The molecule has 0 aliphatic carbocycles. The Morgan fingerprint density at radius 1 is 1.00 bits per heavy atom. The summed E-state index contributed by atoms with van der Waals surface area (Å²) < 4.78 is 4.82. The molecule has 2 aromatic carbocycles. The van der Waals surface area contributed by atoms with E-state index in [0.717, 1.165) is 17.1 Å². The van der Waals surface area contributed by atoms with Crippen LogP contribution in [0.1, 0.15) is 33.6 Å². The normalized spacial score (nSPS) is 9.27. The quantitative estimate of drug-likeness (QED) is 0.560. The molecule has 0 saturated heterocycles. The summed E-state index contributed by atoms with van der Waals surface area (Å²) >= 11 is 0. The van der Waals surface area contributed by atoms with Gasteiger partial charge >= 0.3 is 5.63 Å². The highest BCUT2D eigenvalue weighted by molar-refractivity contribution is 5.84. The Bertz CT molecular complexity index is 939. The molecule has 3 rings (SSSR count). The van der Waals surface area contributed by atoms with E-state index in [1.165, 1.54) is 0 Å². The first kappa shape index (κ1) is 21.0. The molecule has 136 valence electrons. The zero-order valence-electron chi connectivity index (χ0n) is 16.0. The van der Waals surface area contributed by atoms with Crippen LogP contribution in [0.15, 0.2) is 67.7 Å². The molecule has 0 unspecified atom stereocenters. The lowest BCUT2D eigenvalue weighted by atomic mass is 10.2. The number of hydrogen-bond acceptors (Lipinski definition) is 5. The summed E-state index contributed by atoms with van der Waals surface area (Å²) in [5.41, 5.74) is 3.10. The van der Waals surface area contributed by atoms with E-state index in [4.69, 9.17) is 4.42 Å². The fourth-order valence-electron chi connectivity index (χ4n) is 2.06. The van der Waals surface area contributed by atoms with Gasteiger partial charge in [-0.05, 0) is 44.8 Å². The van der Waals surface area contributed by atoms with Crippen LogP contribution in [0.3, 0.4) is 0 Å². The SMILES string of the molecule is C=Nc1ccccc1N=C(C)C.CC.Cc1nc2ccccc2c(=O)o1. The first-order valence-corrected chi connectivity index (χ1v) is 8.45. The first-order chi connectivity index (χ1) is 12.5. The average Bonchev–Trinajstić information content (AvgIpc) is 2.64. The molecule has 3 aromatic rings. The predicted octanol–water partition coefficient (Wildman–Crippen LogP) is 5.65. The lowest BCUT2D eigenvalue weighted by molar-refractivity contribution is 0.467. The van der Waals surface area contributed by atoms with Crippen molar-refractivity contribution in [3.63, 3.8) is 0 Å². The Labute approximate surface area is 154 Å². The van der Waals surface area contributed by atoms with Crippen LogP contribution in [0, 0.1) is 6.92 Å². The van der Waals surface area contributed by atoms with Gasteiger partial charge in [0.05, 0.1) is 22.3 Å². The molecule has 1 aromatic heterocycles. The Morgan fingerprint density at radius 3 is 2.19 bits per heavy atom. The Kier molecular flexibility index (Phi) is 8.64. The standard InChI is InChI=1S/C10H12N2.C9H7NO2.C2H6/c1-8(2)12-10-7-5-4-6-9(10)11-3;1-6-10-8-5-3-2-4-7(8)9(11)12-6;1-2/h4-7H,3H2,1-2H3;2-5H,1H3;1-2H3. The fourth-order valence-corrected chi connectivity index (χ4v) is 2.06. The summed E-state index contributed by atoms with van der Waals surface area (Å²) in [7, 11) is 0. The molecule has 0 saturated carbocycles. The molecule has 5 nitrogen and oxygen atoms in total. The summed E-state index contributed by atoms with van der Waals surface area (Å²) in [6.45, 7) is 13.1. The maximum absolute atomic E-state index is 11.2. The van der Waals surface area contributed by atoms with Crippen LogP contribution in [-0.2, 0) is 0 Å². The van der Waals surface area contributed by atoms with E-state index in [1.54, 1.807) is 25.1 Å². The van der Waals surface area contributed by atoms with E-state index < -0.39 is 0 Å². The Balaban J connectivity index is 0.000000238. The lowest BCUT2D eigenvalue weighted by Crippen LogP contribution is -2.02. The molecule has 0 fully saturated rings. The van der Waals surface area contributed by atoms with Crippen molar-refractivity contribution >= 4 is 34.7 Å². The molecule has 0 amide bonds. The van der Waals surface area contributed by atoms with Crippen molar-refractivity contribution in [1.82, 2.24) is 4.98 Å². The lowest BCUT2D eigenvalue weighted by Gasteiger charge is -1.98. The smallest absolute Gasteiger partial charge is 0.346 e. The second kappa shape index (κ2) is 10.7. The van der Waals surface area contributed by atoms with Crippen molar-refractivity contribution in [2.45, 2.75) is 34.6 Å². The van der Waals surface area contributed by atoms with Gasteiger partial charge in [-0.15, -0.1) is 0 Å². The van der Waals surface area contributed by atoms with Crippen LogP contribution in [0.4, 0.5) is 11.4 Å². The Morgan fingerprint density at radius 2 is 1.58 bits per heavy atom. The molecule has 0 N–H and O–H groups in total. The molecule has 26 heavy (non-hydrogen) atoms. The summed E-state index contributed by atoms with van der Waals surface area (Å²) in [4.78, 5) is 23.4. The van der Waals surface area contributed by atoms with E-state index >= 15 is 0 Å². The van der Waals surface area contributed by atoms with Gasteiger partial charge in [-0.25, -0.2) is 9.78 Å². The van der Waals surface area contributed by atoms with Crippen LogP contribution in [0.2, 0.25) is 0 Å². The number of nitrogens with zero attached hydrogens (tertiary/aromatic N) is 3. The third-order valence-corrected chi connectivity index (χ3v) is 3.04. The van der Waals surface area contributed by atoms with Crippen molar-refractivity contribution in [2.75, 3.05) is 0 Å². The van der Waals surface area contributed by atoms with Gasteiger partial charge in [0, 0.05) is 12.6 Å². The molecule has 0 aliphatic heterocycles. The van der Waals surface area contributed by atoms with Gasteiger partial charge in [-0.3, -0.25) is 9.98 Å². The van der Waals surface area contributed by atoms with Gasteiger partial charge < -0.3 is 4.42 Å². The largest absolute Gasteiger partial charge is 0.408 e. The Hall–Kier alpha value is -3.08. The third-order valence-electron chi connectivity index (χ3n) is 3.04. The van der Waals surface area contributed by atoms with E-state index in [9.17, 15) is 4.79 Å². The van der Waals surface area contributed by atoms with Crippen molar-refractivity contribution < 1.29 is 4.42 Å². The highest BCUT2D eigenvalue weighted by Crippen LogP contribution is 2.26. The molecule has 1 heterocycles. The molecule has 0 radical (unpaired) electrons. The van der Waals surface area contributed by atoms with Gasteiger partial charge in [0.1, 0.15) is 0 Å². The second-order valence-corrected chi connectivity index (χ2v) is 5.24. The summed E-state index contributed by atoms with van der Waals surface area (Å²) in [6, 6.07) is 14.8. The number of rotatable bonds is 2. The minimum atomic E-state index is -0.321. The van der Waals surface area contributed by atoms with E-state index in [0.29, 0.717) is 16.8 Å². The van der Waals surface area contributed by atoms with Gasteiger partial charge in [-0.2, -0.15) is 0 Å². The number of aryl methyl sites for hydroxylation is 1. The topological polar surface area (TPSA) is 67.8 Å². The summed E-state index contributed by atoms with van der Waals surface area (Å²) in [6.07, 6.45) is 0. The van der Waals surface area contributed by atoms with Crippen LogP contribution in [-0.4, -0.2) is 17.4 Å². The predicted molar refractivity (Wildman–Crippen MR) is 110 cm³/mol. The van der Waals surface area contributed by atoms with Gasteiger partial charge in [0.2, 0.25) is 0 Å². The zero-order chi connectivity index (χ0) is 19.5. The van der Waals surface area contributed by atoms with Crippen molar-refractivity contribution in [1.29, 1.82) is 0 Å². The van der Waals surface area contributed by atoms with Gasteiger partial charge in [0.15, 0.2) is 5.89 Å². The number of aromatic nitrogens is 1. The van der Waals surface area contributed by atoms with E-state index in [2.05, 4.69) is 21.7 Å². The number of aliphatic imine (C=N–C) groups is 2. The number of benzene rings is 2. The van der Waals surface area contributed by atoms with Crippen LogP contribution >= 0.6 is 0 Å². The molecule has 5 heteroatoms. The van der Waals surface area contributed by atoms with Crippen LogP contribution < -0.4 is 5.63 Å². The highest BCUT2D eigenvalue weighted by atomic mass is 16.4. The molecular weight excluding hydrogens is 326 g/mol. The third kappa shape index (κ3) is 6.09. The molecule has 0 atom stereocenters. The monoisotopic (exact) mass is 351 g/mol. The van der Waals surface area contributed by atoms with Gasteiger partial charge in [-0.1, -0.05) is 38.1 Å². The molecular formula is C21H25N3O2. The average molecular weight is 351 g/mol. The zero-order valence-corrected chi connectivity index (χ0v) is 16.0. The van der Waals surface area contributed by atoms with Crippen molar-refractivity contribution in [2.24, 2.45) is 9.98 Å². The molecule has 0 aliphatic rings. The van der Waals surface area contributed by atoms with Crippen LogP contribution in [0.5, 0.6) is 0 Å². The van der Waals surface area contributed by atoms with Crippen molar-refractivity contribution in [3.05, 3.63) is 64.8 Å². The van der Waals surface area contributed by atoms with Crippen LogP contribution in [0.25, 0.3) is 10.9 Å². The second-order valence-electron chi connectivity index (χ2n) is 5.24. The number of fused-ring (bicyclic) bond motifs is 1. The minimum absolute atomic E-state index is 0.321. The number of para-hydroxylation sites is 3. The minimum Gasteiger partial charge on any atom is -0.408 e. The highest BCUT2D eigenvalue weighted by Gasteiger charge is 2.00. The van der Waals surface area contributed by atoms with Gasteiger partial charge in [0.25, 0.3) is 0 Å². The maximum atomic E-state index is 11.2. The first-order valence-electron chi connectivity index (χ1n) is 8.45. The van der Waals surface area contributed by atoms with E-state index in [1.807, 2.05) is 58.0 Å². The fraction of sp³-hybridized carbons (Fsp3) is 0.238. The van der Waals surface area contributed by atoms with Crippen molar-refractivity contribution in [3.8, 4) is 0 Å². The number of hydrogen-bond donors (Lipinski definition) is 0.